The number of aromatic nitrogens is 1. The fourth-order valence-electron chi connectivity index (χ4n) is 3.70. The van der Waals surface area contributed by atoms with Gasteiger partial charge in [-0.1, -0.05) is 54.6 Å². The van der Waals surface area contributed by atoms with E-state index < -0.39 is 5.97 Å². The maximum absolute atomic E-state index is 12.8. The third-order valence-electron chi connectivity index (χ3n) is 5.51. The van der Waals surface area contributed by atoms with Crippen LogP contribution in [-0.2, 0) is 11.2 Å². The van der Waals surface area contributed by atoms with Crippen LogP contribution in [0.25, 0.3) is 17.2 Å². The van der Waals surface area contributed by atoms with Crippen molar-refractivity contribution < 1.29 is 28.3 Å². The zero-order chi connectivity index (χ0) is 24.2. The van der Waals surface area contributed by atoms with Crippen LogP contribution in [0.3, 0.4) is 0 Å². The number of rotatable bonds is 7. The molecule has 0 bridgehead atoms. The molecule has 174 valence electrons. The van der Waals surface area contributed by atoms with E-state index in [-0.39, 0.29) is 18.0 Å². The minimum Gasteiger partial charge on any atom is -0.479 e. The Morgan fingerprint density at radius 1 is 0.971 bits per heavy atom. The SMILES string of the molecule is COc1cc(CCC(=O)Oc2ccc3c(c2)O/C(=C\c2ccc(-c4ccccc4)cc2)C3=O)on1. The summed E-state index contributed by atoms with van der Waals surface area (Å²) in [6.45, 7) is 0. The van der Waals surface area contributed by atoms with Gasteiger partial charge in [0.2, 0.25) is 5.78 Å². The van der Waals surface area contributed by atoms with Crippen LogP contribution < -0.4 is 14.2 Å². The lowest BCUT2D eigenvalue weighted by molar-refractivity contribution is -0.134. The molecule has 0 N–H and O–H groups in total. The topological polar surface area (TPSA) is 87.9 Å². The van der Waals surface area contributed by atoms with Crippen molar-refractivity contribution in [3.05, 3.63) is 102 Å². The summed E-state index contributed by atoms with van der Waals surface area (Å²) in [6.07, 6.45) is 2.12. The number of carbonyl (C=O) groups excluding carboxylic acids is 2. The zero-order valence-electron chi connectivity index (χ0n) is 18.9. The minimum absolute atomic E-state index is 0.0966. The van der Waals surface area contributed by atoms with Gasteiger partial charge in [-0.05, 0) is 40.1 Å². The summed E-state index contributed by atoms with van der Waals surface area (Å²) < 4.78 is 21.2. The summed E-state index contributed by atoms with van der Waals surface area (Å²) in [5.41, 5.74) is 3.47. The van der Waals surface area contributed by atoms with Gasteiger partial charge in [0.15, 0.2) is 5.76 Å². The lowest BCUT2D eigenvalue weighted by Crippen LogP contribution is -2.08. The third-order valence-corrected chi connectivity index (χ3v) is 5.51. The van der Waals surface area contributed by atoms with Crippen LogP contribution in [0, 0.1) is 0 Å². The molecule has 0 saturated carbocycles. The Balaban J connectivity index is 1.23. The second-order valence-corrected chi connectivity index (χ2v) is 7.90. The first-order valence-corrected chi connectivity index (χ1v) is 11.0. The molecule has 1 aliphatic heterocycles. The van der Waals surface area contributed by atoms with Gasteiger partial charge in [-0.2, -0.15) is 0 Å². The van der Waals surface area contributed by atoms with Gasteiger partial charge in [0.1, 0.15) is 17.3 Å². The number of hydrogen-bond donors (Lipinski definition) is 0. The Bertz CT molecular complexity index is 1400. The number of methoxy groups -OCH3 is 1. The van der Waals surface area contributed by atoms with Crippen LogP contribution in [-0.4, -0.2) is 24.0 Å². The van der Waals surface area contributed by atoms with Crippen molar-refractivity contribution in [2.45, 2.75) is 12.8 Å². The molecule has 0 unspecified atom stereocenters. The average molecular weight is 467 g/mol. The average Bonchev–Trinajstić information content (AvgIpc) is 3.48. The number of fused-ring (bicyclic) bond motifs is 1. The van der Waals surface area contributed by atoms with Crippen LogP contribution in [0.1, 0.15) is 28.1 Å². The van der Waals surface area contributed by atoms with E-state index in [0.717, 1.165) is 16.7 Å². The largest absolute Gasteiger partial charge is 0.479 e. The molecular formula is C28H21NO6. The number of ketones is 1. The molecule has 0 aliphatic carbocycles. The third kappa shape index (κ3) is 4.99. The molecule has 0 spiro atoms. The Kier molecular flexibility index (Phi) is 6.13. The number of carbonyl (C=O) groups is 2. The van der Waals surface area contributed by atoms with Crippen molar-refractivity contribution >= 4 is 17.8 Å². The number of ether oxygens (including phenoxy) is 3. The number of allylic oxidation sites excluding steroid dienone is 1. The quantitative estimate of drug-likeness (QED) is 0.201. The molecule has 5 rings (SSSR count). The van der Waals surface area contributed by atoms with Crippen molar-refractivity contribution in [3.63, 3.8) is 0 Å². The molecule has 3 aromatic carbocycles. The molecule has 4 aromatic rings. The van der Waals surface area contributed by atoms with Crippen LogP contribution >= 0.6 is 0 Å². The molecule has 0 saturated heterocycles. The van der Waals surface area contributed by atoms with E-state index in [1.165, 1.54) is 7.11 Å². The van der Waals surface area contributed by atoms with Crippen molar-refractivity contribution in [3.8, 4) is 28.5 Å². The molecule has 0 fully saturated rings. The fraction of sp³-hybridized carbons (Fsp3) is 0.107. The second kappa shape index (κ2) is 9.69. The van der Waals surface area contributed by atoms with E-state index in [1.54, 1.807) is 30.3 Å². The first kappa shape index (κ1) is 22.2. The highest BCUT2D eigenvalue weighted by Crippen LogP contribution is 2.35. The van der Waals surface area contributed by atoms with Crippen LogP contribution in [0.15, 0.2) is 89.1 Å². The van der Waals surface area contributed by atoms with Crippen LogP contribution in [0.2, 0.25) is 0 Å². The highest BCUT2D eigenvalue weighted by atomic mass is 16.5. The molecule has 1 aromatic heterocycles. The van der Waals surface area contributed by atoms with Gasteiger partial charge in [0.25, 0.3) is 5.88 Å². The number of esters is 1. The minimum atomic E-state index is -0.445. The van der Waals surface area contributed by atoms with Crippen LogP contribution in [0.5, 0.6) is 17.4 Å². The molecule has 0 radical (unpaired) electrons. The summed E-state index contributed by atoms with van der Waals surface area (Å²) in [7, 11) is 1.48. The van der Waals surface area contributed by atoms with E-state index in [2.05, 4.69) is 5.16 Å². The summed E-state index contributed by atoms with van der Waals surface area (Å²) >= 11 is 0. The van der Waals surface area contributed by atoms with Gasteiger partial charge < -0.3 is 18.7 Å². The van der Waals surface area contributed by atoms with E-state index in [0.29, 0.717) is 35.1 Å². The predicted octanol–water partition coefficient (Wildman–Crippen LogP) is 5.50. The molecule has 0 amide bonds. The van der Waals surface area contributed by atoms with Crippen molar-refractivity contribution in [1.82, 2.24) is 5.16 Å². The Morgan fingerprint density at radius 2 is 1.74 bits per heavy atom. The summed E-state index contributed by atoms with van der Waals surface area (Å²) in [5, 5.41) is 3.70. The lowest BCUT2D eigenvalue weighted by Gasteiger charge is -2.05. The maximum atomic E-state index is 12.8. The number of benzene rings is 3. The Morgan fingerprint density at radius 3 is 2.49 bits per heavy atom. The molecule has 1 aliphatic rings. The number of hydrogen-bond acceptors (Lipinski definition) is 7. The predicted molar refractivity (Wildman–Crippen MR) is 128 cm³/mol. The first-order chi connectivity index (χ1) is 17.1. The van der Waals surface area contributed by atoms with Crippen LogP contribution in [0.4, 0.5) is 0 Å². The number of nitrogens with zero attached hydrogens (tertiary/aromatic N) is 1. The smallest absolute Gasteiger partial charge is 0.311 e. The monoisotopic (exact) mass is 467 g/mol. The van der Waals surface area contributed by atoms with Gasteiger partial charge in [-0.25, -0.2) is 0 Å². The van der Waals surface area contributed by atoms with E-state index in [4.69, 9.17) is 18.7 Å². The Hall–Kier alpha value is -4.65. The van der Waals surface area contributed by atoms with Gasteiger partial charge in [-0.3, -0.25) is 9.59 Å². The molecule has 35 heavy (non-hydrogen) atoms. The number of aryl methyl sites for hydroxylation is 1. The fourth-order valence-corrected chi connectivity index (χ4v) is 3.70. The summed E-state index contributed by atoms with van der Waals surface area (Å²) in [5.74, 6) is 1.08. The highest BCUT2D eigenvalue weighted by Gasteiger charge is 2.28. The molecule has 0 atom stereocenters. The van der Waals surface area contributed by atoms with Gasteiger partial charge in [0.05, 0.1) is 19.1 Å². The van der Waals surface area contributed by atoms with E-state index in [1.807, 2.05) is 54.6 Å². The van der Waals surface area contributed by atoms with Crippen molar-refractivity contribution in [2.24, 2.45) is 0 Å². The van der Waals surface area contributed by atoms with Gasteiger partial charge in [-0.15, -0.1) is 0 Å². The molecule has 2 heterocycles. The normalized spacial score (nSPS) is 13.4. The molecule has 7 nitrogen and oxygen atoms in total. The van der Waals surface area contributed by atoms with Crippen molar-refractivity contribution in [2.75, 3.05) is 7.11 Å². The maximum Gasteiger partial charge on any atom is 0.311 e. The number of Topliss-reactive ketones (excluding diaryl/α,β-unsaturated/α-hetero) is 1. The Labute approximate surface area is 201 Å². The summed E-state index contributed by atoms with van der Waals surface area (Å²) in [6, 6.07) is 24.3. The van der Waals surface area contributed by atoms with Gasteiger partial charge >= 0.3 is 5.97 Å². The molecular weight excluding hydrogens is 446 g/mol. The van der Waals surface area contributed by atoms with E-state index >= 15 is 0 Å². The van der Waals surface area contributed by atoms with Crippen molar-refractivity contribution in [1.29, 1.82) is 0 Å². The summed E-state index contributed by atoms with van der Waals surface area (Å²) in [4.78, 5) is 25.0. The van der Waals surface area contributed by atoms with Gasteiger partial charge in [0, 0.05) is 18.6 Å². The standard InChI is InChI=1S/C28H21NO6/c1-32-26-17-22(35-29-26)12-14-27(30)33-21-11-13-23-24(16-21)34-25(28(23)31)15-18-7-9-20(10-8-18)19-5-3-2-4-6-19/h2-11,13,15-17H,12,14H2,1H3/b25-15-. The second-order valence-electron chi connectivity index (χ2n) is 7.90. The first-order valence-electron chi connectivity index (χ1n) is 11.0. The lowest BCUT2D eigenvalue weighted by atomic mass is 10.0. The highest BCUT2D eigenvalue weighted by molar-refractivity contribution is 6.14. The molecule has 7 heteroatoms. The zero-order valence-corrected chi connectivity index (χ0v) is 18.9. The van der Waals surface area contributed by atoms with E-state index in [9.17, 15) is 9.59 Å².